The number of hydrogen-bond donors (Lipinski definition) is 1. The first-order chi connectivity index (χ1) is 15.3. The second-order valence-corrected chi connectivity index (χ2v) is 8.07. The number of nitro benzene ring substituents is 1. The summed E-state index contributed by atoms with van der Waals surface area (Å²) in [6.45, 7) is -0.515. The highest BCUT2D eigenvalue weighted by atomic mass is 16.7. The lowest BCUT2D eigenvalue weighted by Gasteiger charge is -2.31. The zero-order valence-corrected chi connectivity index (χ0v) is 17.0. The second kappa shape index (κ2) is 7.33. The summed E-state index contributed by atoms with van der Waals surface area (Å²) in [5, 5.41) is 13.6. The molecule has 2 aromatic carbocycles. The number of nitrogens with one attached hydrogen (secondary N) is 1. The molecule has 1 saturated carbocycles. The number of carbonyl (C=O) groups is 3. The topological polar surface area (TPSA) is 128 Å². The normalized spacial score (nSPS) is 18.1. The number of anilines is 1. The molecule has 2 aromatic rings. The standard InChI is InChI=1S/C22H19N3O7/c26-19(12-24-20(27)15-6-5-14(25(29)30)11-16(15)21(24)28)23-13-4-7-17-18(10-13)32-22(31-17)8-2-1-3-9-22/h4-7,10-11H,1-3,8-9,12H2,(H,23,26). The molecule has 1 fully saturated rings. The van der Waals surface area contributed by atoms with Gasteiger partial charge in [-0.05, 0) is 31.0 Å². The Morgan fingerprint density at radius 3 is 2.47 bits per heavy atom. The molecule has 5 rings (SSSR count). The molecule has 0 aromatic heterocycles. The second-order valence-electron chi connectivity index (χ2n) is 8.07. The zero-order chi connectivity index (χ0) is 22.5. The van der Waals surface area contributed by atoms with Crippen LogP contribution in [0.1, 0.15) is 52.8 Å². The first kappa shape index (κ1) is 20.0. The quantitative estimate of drug-likeness (QED) is 0.442. The molecule has 10 nitrogen and oxygen atoms in total. The average molecular weight is 437 g/mol. The number of rotatable bonds is 4. The summed E-state index contributed by atoms with van der Waals surface area (Å²) in [5.41, 5.74) is 0.0943. The van der Waals surface area contributed by atoms with E-state index in [4.69, 9.17) is 9.47 Å². The van der Waals surface area contributed by atoms with Gasteiger partial charge in [-0.1, -0.05) is 6.42 Å². The van der Waals surface area contributed by atoms with E-state index in [1.807, 2.05) is 0 Å². The van der Waals surface area contributed by atoms with E-state index in [-0.39, 0.29) is 16.8 Å². The van der Waals surface area contributed by atoms with Crippen LogP contribution in [0.5, 0.6) is 11.5 Å². The van der Waals surface area contributed by atoms with Crippen molar-refractivity contribution in [2.24, 2.45) is 0 Å². The third kappa shape index (κ3) is 3.33. The summed E-state index contributed by atoms with van der Waals surface area (Å²) in [5.74, 6) is -1.47. The van der Waals surface area contributed by atoms with E-state index < -0.39 is 35.0 Å². The Kier molecular flexibility index (Phi) is 4.58. The molecule has 164 valence electrons. The lowest BCUT2D eigenvalue weighted by molar-refractivity contribution is -0.384. The van der Waals surface area contributed by atoms with Gasteiger partial charge in [-0.3, -0.25) is 29.4 Å². The van der Waals surface area contributed by atoms with Gasteiger partial charge < -0.3 is 14.8 Å². The van der Waals surface area contributed by atoms with Crippen molar-refractivity contribution in [1.29, 1.82) is 0 Å². The Bertz CT molecular complexity index is 1170. The number of amides is 3. The molecule has 32 heavy (non-hydrogen) atoms. The summed E-state index contributed by atoms with van der Waals surface area (Å²) >= 11 is 0. The molecule has 0 saturated heterocycles. The van der Waals surface area contributed by atoms with Crippen molar-refractivity contribution >= 4 is 29.1 Å². The Hall–Kier alpha value is -3.95. The van der Waals surface area contributed by atoms with Crippen LogP contribution in [-0.2, 0) is 4.79 Å². The average Bonchev–Trinajstić information content (AvgIpc) is 3.23. The largest absolute Gasteiger partial charge is 0.448 e. The van der Waals surface area contributed by atoms with Crippen LogP contribution in [0.4, 0.5) is 11.4 Å². The Morgan fingerprint density at radius 2 is 1.72 bits per heavy atom. The minimum atomic E-state index is -0.742. The van der Waals surface area contributed by atoms with Crippen LogP contribution >= 0.6 is 0 Å². The Morgan fingerprint density at radius 1 is 1.00 bits per heavy atom. The third-order valence-electron chi connectivity index (χ3n) is 5.90. The maximum absolute atomic E-state index is 12.6. The summed E-state index contributed by atoms with van der Waals surface area (Å²) < 4.78 is 12.1. The lowest BCUT2D eigenvalue weighted by Crippen LogP contribution is -2.40. The van der Waals surface area contributed by atoms with E-state index in [2.05, 4.69) is 5.32 Å². The van der Waals surface area contributed by atoms with Crippen LogP contribution in [0.25, 0.3) is 0 Å². The number of carbonyl (C=O) groups excluding carboxylic acids is 3. The summed E-state index contributed by atoms with van der Waals surface area (Å²) in [6.07, 6.45) is 4.82. The van der Waals surface area contributed by atoms with Crippen molar-refractivity contribution in [3.8, 4) is 11.5 Å². The highest BCUT2D eigenvalue weighted by molar-refractivity contribution is 6.23. The summed E-state index contributed by atoms with van der Waals surface area (Å²) in [6, 6.07) is 8.46. The van der Waals surface area contributed by atoms with Gasteiger partial charge in [0.2, 0.25) is 5.91 Å². The fourth-order valence-electron chi connectivity index (χ4n) is 4.35. The van der Waals surface area contributed by atoms with Crippen LogP contribution in [0.3, 0.4) is 0 Å². The van der Waals surface area contributed by atoms with Gasteiger partial charge in [0.1, 0.15) is 6.54 Å². The molecule has 3 amide bonds. The van der Waals surface area contributed by atoms with Gasteiger partial charge >= 0.3 is 0 Å². The molecule has 2 heterocycles. The fraction of sp³-hybridized carbons (Fsp3) is 0.318. The Balaban J connectivity index is 1.27. The van der Waals surface area contributed by atoms with Crippen molar-refractivity contribution in [2.75, 3.05) is 11.9 Å². The maximum atomic E-state index is 12.6. The predicted octanol–water partition coefficient (Wildman–Crippen LogP) is 3.26. The molecule has 1 N–H and O–H groups in total. The van der Waals surface area contributed by atoms with Crippen LogP contribution in [0.15, 0.2) is 36.4 Å². The summed E-state index contributed by atoms with van der Waals surface area (Å²) in [4.78, 5) is 48.7. The van der Waals surface area contributed by atoms with Gasteiger partial charge in [-0.25, -0.2) is 0 Å². The first-order valence-electron chi connectivity index (χ1n) is 10.3. The maximum Gasteiger partial charge on any atom is 0.270 e. The van der Waals surface area contributed by atoms with E-state index in [0.29, 0.717) is 17.2 Å². The third-order valence-corrected chi connectivity index (χ3v) is 5.90. The van der Waals surface area contributed by atoms with Crippen molar-refractivity contribution in [2.45, 2.75) is 37.9 Å². The van der Waals surface area contributed by atoms with E-state index >= 15 is 0 Å². The number of hydrogen-bond acceptors (Lipinski definition) is 7. The van der Waals surface area contributed by atoms with E-state index in [1.165, 1.54) is 6.07 Å². The van der Waals surface area contributed by atoms with Gasteiger partial charge in [0.15, 0.2) is 11.5 Å². The molecule has 3 aliphatic rings. The molecule has 1 aliphatic carbocycles. The number of imide groups is 1. The highest BCUT2D eigenvalue weighted by Gasteiger charge is 2.42. The number of ether oxygens (including phenoxy) is 2. The first-order valence-corrected chi connectivity index (χ1v) is 10.3. The molecule has 1 spiro atoms. The van der Waals surface area contributed by atoms with Gasteiger partial charge in [-0.2, -0.15) is 0 Å². The molecule has 2 aliphatic heterocycles. The summed E-state index contributed by atoms with van der Waals surface area (Å²) in [7, 11) is 0. The van der Waals surface area contributed by atoms with E-state index in [0.717, 1.165) is 49.1 Å². The zero-order valence-electron chi connectivity index (χ0n) is 17.0. The van der Waals surface area contributed by atoms with Crippen LogP contribution in [-0.4, -0.2) is 39.9 Å². The van der Waals surface area contributed by atoms with Gasteiger partial charge in [0.25, 0.3) is 23.3 Å². The van der Waals surface area contributed by atoms with E-state index in [9.17, 15) is 24.5 Å². The molecule has 0 radical (unpaired) electrons. The number of nitro groups is 1. The molecular weight excluding hydrogens is 418 g/mol. The van der Waals surface area contributed by atoms with Crippen LogP contribution in [0, 0.1) is 10.1 Å². The molecular formula is C22H19N3O7. The van der Waals surface area contributed by atoms with Gasteiger partial charge in [-0.15, -0.1) is 0 Å². The number of non-ortho nitro benzene ring substituents is 1. The predicted molar refractivity (Wildman–Crippen MR) is 111 cm³/mol. The van der Waals surface area contributed by atoms with Gasteiger partial charge in [0.05, 0.1) is 16.1 Å². The minimum Gasteiger partial charge on any atom is -0.448 e. The number of nitrogens with zero attached hydrogens (tertiary/aromatic N) is 2. The molecule has 0 atom stereocenters. The fourth-order valence-corrected chi connectivity index (χ4v) is 4.35. The van der Waals surface area contributed by atoms with Gasteiger partial charge in [0, 0.05) is 36.7 Å². The molecule has 0 bridgehead atoms. The van der Waals surface area contributed by atoms with E-state index in [1.54, 1.807) is 18.2 Å². The van der Waals surface area contributed by atoms with Crippen LogP contribution in [0.2, 0.25) is 0 Å². The minimum absolute atomic E-state index is 0.0364. The van der Waals surface area contributed by atoms with Crippen molar-refractivity contribution in [1.82, 2.24) is 4.90 Å². The van der Waals surface area contributed by atoms with Crippen molar-refractivity contribution in [3.63, 3.8) is 0 Å². The number of benzene rings is 2. The molecule has 0 unspecified atom stereocenters. The lowest BCUT2D eigenvalue weighted by atomic mass is 9.94. The van der Waals surface area contributed by atoms with Crippen molar-refractivity contribution in [3.05, 3.63) is 57.6 Å². The number of fused-ring (bicyclic) bond motifs is 2. The Labute approximate surface area is 182 Å². The monoisotopic (exact) mass is 437 g/mol. The molecule has 10 heteroatoms. The smallest absolute Gasteiger partial charge is 0.270 e. The SMILES string of the molecule is O=C(CN1C(=O)c2ccc([N+](=O)[O-])cc2C1=O)Nc1ccc2c(c1)OC1(CCCCC1)O2. The van der Waals surface area contributed by atoms with Crippen LogP contribution < -0.4 is 14.8 Å². The highest BCUT2D eigenvalue weighted by Crippen LogP contribution is 2.46. The van der Waals surface area contributed by atoms with Crippen molar-refractivity contribution < 1.29 is 28.8 Å².